The van der Waals surface area contributed by atoms with Gasteiger partial charge in [-0.2, -0.15) is 0 Å². The van der Waals surface area contributed by atoms with Gasteiger partial charge in [0.1, 0.15) is 5.82 Å². The Labute approximate surface area is 162 Å². The van der Waals surface area contributed by atoms with Crippen LogP contribution in [-0.4, -0.2) is 31.7 Å². The van der Waals surface area contributed by atoms with Gasteiger partial charge in [0.15, 0.2) is 5.16 Å². The molecule has 0 atom stereocenters. The van der Waals surface area contributed by atoms with Crippen molar-refractivity contribution in [1.82, 2.24) is 19.9 Å². The van der Waals surface area contributed by atoms with E-state index in [2.05, 4.69) is 15.3 Å². The number of aryl methyl sites for hydroxylation is 1. The van der Waals surface area contributed by atoms with E-state index in [1.165, 1.54) is 16.3 Å². The van der Waals surface area contributed by atoms with Gasteiger partial charge >= 0.3 is 0 Å². The van der Waals surface area contributed by atoms with Gasteiger partial charge in [0.2, 0.25) is 5.91 Å². The van der Waals surface area contributed by atoms with Crippen LogP contribution in [-0.2, 0) is 4.79 Å². The molecule has 0 fully saturated rings. The summed E-state index contributed by atoms with van der Waals surface area (Å²) in [7, 11) is 0. The lowest BCUT2D eigenvalue weighted by Crippen LogP contribution is -2.41. The van der Waals surface area contributed by atoms with Crippen LogP contribution in [0.5, 0.6) is 0 Å². The van der Waals surface area contributed by atoms with Crippen molar-refractivity contribution in [2.24, 2.45) is 0 Å². The Morgan fingerprint density at radius 3 is 2.56 bits per heavy atom. The Hall–Kier alpha value is -2.67. The molecule has 0 unspecified atom stereocenters. The number of para-hydroxylation sites is 1. The van der Waals surface area contributed by atoms with E-state index in [-0.39, 0.29) is 22.8 Å². The molecule has 3 aromatic rings. The SMILES string of the molecule is Cc1cccc(-n2c(SCC(=O)NC(C)(C)C)nc3ccccc3c2=O)n1. The monoisotopic (exact) mass is 382 g/mol. The molecule has 0 aliphatic carbocycles. The fourth-order valence-corrected chi connectivity index (χ4v) is 3.45. The highest BCUT2D eigenvalue weighted by molar-refractivity contribution is 7.99. The first-order chi connectivity index (χ1) is 12.7. The van der Waals surface area contributed by atoms with Crippen molar-refractivity contribution in [2.45, 2.75) is 38.4 Å². The second kappa shape index (κ2) is 7.52. The maximum atomic E-state index is 13.1. The highest BCUT2D eigenvalue weighted by atomic mass is 32.2. The van der Waals surface area contributed by atoms with Crippen molar-refractivity contribution in [3.05, 3.63) is 58.5 Å². The van der Waals surface area contributed by atoms with Gasteiger partial charge in [0.05, 0.1) is 16.7 Å². The van der Waals surface area contributed by atoms with Crippen LogP contribution < -0.4 is 10.9 Å². The van der Waals surface area contributed by atoms with Gasteiger partial charge in [-0.05, 0) is 52.0 Å². The van der Waals surface area contributed by atoms with Crippen LogP contribution in [0.1, 0.15) is 26.5 Å². The third-order valence-corrected chi connectivity index (χ3v) is 4.63. The van der Waals surface area contributed by atoms with Crippen LogP contribution in [0.2, 0.25) is 0 Å². The van der Waals surface area contributed by atoms with Gasteiger partial charge < -0.3 is 5.32 Å². The van der Waals surface area contributed by atoms with Gasteiger partial charge in [-0.25, -0.2) is 14.5 Å². The molecular weight excluding hydrogens is 360 g/mol. The maximum Gasteiger partial charge on any atom is 0.267 e. The van der Waals surface area contributed by atoms with Crippen molar-refractivity contribution < 1.29 is 4.79 Å². The predicted octanol–water partition coefficient (Wildman–Crippen LogP) is 3.10. The molecule has 0 saturated heterocycles. The van der Waals surface area contributed by atoms with Gasteiger partial charge in [0, 0.05) is 11.2 Å². The Morgan fingerprint density at radius 2 is 1.85 bits per heavy atom. The topological polar surface area (TPSA) is 76.9 Å². The minimum atomic E-state index is -0.313. The molecular formula is C20H22N4O2S. The van der Waals surface area contributed by atoms with Gasteiger partial charge in [-0.3, -0.25) is 9.59 Å². The molecule has 6 nitrogen and oxygen atoms in total. The molecule has 2 heterocycles. The van der Waals surface area contributed by atoms with Crippen molar-refractivity contribution in [1.29, 1.82) is 0 Å². The first-order valence-electron chi connectivity index (χ1n) is 8.64. The van der Waals surface area contributed by atoms with Crippen LogP contribution in [0.4, 0.5) is 0 Å². The van der Waals surface area contributed by atoms with Crippen molar-refractivity contribution in [3.8, 4) is 5.82 Å². The zero-order chi connectivity index (χ0) is 19.6. The molecule has 140 valence electrons. The van der Waals surface area contributed by atoms with E-state index in [0.29, 0.717) is 21.9 Å². The summed E-state index contributed by atoms with van der Waals surface area (Å²) in [5.41, 5.74) is 0.892. The average Bonchev–Trinajstić information content (AvgIpc) is 2.58. The minimum Gasteiger partial charge on any atom is -0.351 e. The molecule has 2 aromatic heterocycles. The third kappa shape index (κ3) is 4.54. The summed E-state index contributed by atoms with van der Waals surface area (Å²) in [6.07, 6.45) is 0. The summed E-state index contributed by atoms with van der Waals surface area (Å²) in [5.74, 6) is 0.545. The molecule has 0 bridgehead atoms. The number of carbonyl (C=O) groups is 1. The predicted molar refractivity (Wildman–Crippen MR) is 108 cm³/mol. The number of hydrogen-bond acceptors (Lipinski definition) is 5. The zero-order valence-electron chi connectivity index (χ0n) is 15.8. The lowest BCUT2D eigenvalue weighted by molar-refractivity contribution is -0.119. The summed E-state index contributed by atoms with van der Waals surface area (Å²) >= 11 is 1.23. The van der Waals surface area contributed by atoms with Crippen molar-refractivity contribution in [3.63, 3.8) is 0 Å². The molecule has 7 heteroatoms. The number of rotatable bonds is 4. The zero-order valence-corrected chi connectivity index (χ0v) is 16.6. The molecule has 0 saturated carbocycles. The van der Waals surface area contributed by atoms with E-state index in [9.17, 15) is 9.59 Å². The number of nitrogens with one attached hydrogen (secondary N) is 1. The van der Waals surface area contributed by atoms with Crippen molar-refractivity contribution in [2.75, 3.05) is 5.75 Å². The molecule has 1 N–H and O–H groups in total. The quantitative estimate of drug-likeness (QED) is 0.554. The Bertz CT molecular complexity index is 1050. The molecule has 0 radical (unpaired) electrons. The summed E-state index contributed by atoms with van der Waals surface area (Å²) < 4.78 is 1.48. The smallest absolute Gasteiger partial charge is 0.267 e. The Kier molecular flexibility index (Phi) is 5.32. The normalized spacial score (nSPS) is 11.6. The number of fused-ring (bicyclic) bond motifs is 1. The van der Waals surface area contributed by atoms with Crippen LogP contribution in [0, 0.1) is 6.92 Å². The summed E-state index contributed by atoms with van der Waals surface area (Å²) in [6, 6.07) is 12.7. The third-order valence-electron chi connectivity index (χ3n) is 3.69. The second-order valence-corrected chi connectivity index (χ2v) is 8.22. The van der Waals surface area contributed by atoms with E-state index < -0.39 is 0 Å². The van der Waals surface area contributed by atoms with Gasteiger partial charge in [0.25, 0.3) is 5.56 Å². The van der Waals surface area contributed by atoms with Crippen molar-refractivity contribution >= 4 is 28.6 Å². The number of thioether (sulfide) groups is 1. The van der Waals surface area contributed by atoms with E-state index in [4.69, 9.17) is 0 Å². The van der Waals surface area contributed by atoms with Gasteiger partial charge in [-0.15, -0.1) is 0 Å². The largest absolute Gasteiger partial charge is 0.351 e. The fourth-order valence-electron chi connectivity index (χ4n) is 2.65. The first-order valence-corrected chi connectivity index (χ1v) is 9.63. The summed E-state index contributed by atoms with van der Waals surface area (Å²) in [6.45, 7) is 7.65. The molecule has 0 aliphatic rings. The number of pyridine rings is 1. The number of aromatic nitrogens is 3. The lowest BCUT2D eigenvalue weighted by Gasteiger charge is -2.20. The summed E-state index contributed by atoms with van der Waals surface area (Å²) in [5, 5.41) is 3.88. The standard InChI is InChI=1S/C20H22N4O2S/c1-13-8-7-11-16(21-13)24-18(26)14-9-5-6-10-15(14)22-19(24)27-12-17(25)23-20(2,3)4/h5-11H,12H2,1-4H3,(H,23,25). The molecule has 1 amide bonds. The average molecular weight is 382 g/mol. The van der Waals surface area contributed by atoms with Crippen LogP contribution in [0.25, 0.3) is 16.7 Å². The molecule has 1 aromatic carbocycles. The minimum absolute atomic E-state index is 0.112. The fraction of sp³-hybridized carbons (Fsp3) is 0.300. The molecule has 3 rings (SSSR count). The Morgan fingerprint density at radius 1 is 1.11 bits per heavy atom. The lowest BCUT2D eigenvalue weighted by atomic mass is 10.1. The van der Waals surface area contributed by atoms with Crippen LogP contribution in [0.3, 0.4) is 0 Å². The van der Waals surface area contributed by atoms with Crippen LogP contribution >= 0.6 is 11.8 Å². The van der Waals surface area contributed by atoms with Crippen LogP contribution in [0.15, 0.2) is 52.4 Å². The number of carbonyl (C=O) groups excluding carboxylic acids is 1. The van der Waals surface area contributed by atoms with E-state index in [0.717, 1.165) is 5.69 Å². The van der Waals surface area contributed by atoms with E-state index in [1.54, 1.807) is 18.2 Å². The number of nitrogens with zero attached hydrogens (tertiary/aromatic N) is 3. The van der Waals surface area contributed by atoms with Gasteiger partial charge in [-0.1, -0.05) is 30.0 Å². The number of hydrogen-bond donors (Lipinski definition) is 1. The first kappa shape index (κ1) is 19.1. The summed E-state index contributed by atoms with van der Waals surface area (Å²) in [4.78, 5) is 34.4. The molecule has 0 aliphatic heterocycles. The van der Waals surface area contributed by atoms with E-state index >= 15 is 0 Å². The maximum absolute atomic E-state index is 13.1. The highest BCUT2D eigenvalue weighted by Gasteiger charge is 2.18. The highest BCUT2D eigenvalue weighted by Crippen LogP contribution is 2.20. The molecule has 0 spiro atoms. The Balaban J connectivity index is 2.06. The second-order valence-electron chi connectivity index (χ2n) is 7.28. The number of amides is 1. The van der Waals surface area contributed by atoms with E-state index in [1.807, 2.05) is 52.0 Å². The molecule has 27 heavy (non-hydrogen) atoms. The number of benzene rings is 1.